The molecule has 2 fully saturated rings. The summed E-state index contributed by atoms with van der Waals surface area (Å²) in [6.07, 6.45) is 4.90. The summed E-state index contributed by atoms with van der Waals surface area (Å²) in [5.74, 6) is 0.152. The molecule has 0 radical (unpaired) electrons. The number of likely N-dealkylation sites (tertiary alicyclic amines) is 1. The van der Waals surface area contributed by atoms with Crippen LogP contribution in [0.25, 0.3) is 0 Å². The van der Waals surface area contributed by atoms with Gasteiger partial charge in [0.1, 0.15) is 0 Å². The Labute approximate surface area is 96.2 Å². The number of imide groups is 1. The lowest BCUT2D eigenvalue weighted by molar-refractivity contribution is -0.157. The van der Waals surface area contributed by atoms with Crippen molar-refractivity contribution < 1.29 is 9.59 Å². The molecule has 4 nitrogen and oxygen atoms in total. The summed E-state index contributed by atoms with van der Waals surface area (Å²) in [5.41, 5.74) is 5.46. The normalized spacial score (nSPS) is 26.5. The van der Waals surface area contributed by atoms with Gasteiger partial charge in [-0.25, -0.2) is 0 Å². The number of rotatable bonds is 2. The number of carbonyl (C=O) groups excluding carboxylic acids is 2. The van der Waals surface area contributed by atoms with Gasteiger partial charge in [0.15, 0.2) is 0 Å². The van der Waals surface area contributed by atoms with Crippen LogP contribution in [0.5, 0.6) is 0 Å². The van der Waals surface area contributed by atoms with Crippen LogP contribution in [0.15, 0.2) is 0 Å². The Kier molecular flexibility index (Phi) is 3.02. The van der Waals surface area contributed by atoms with Crippen LogP contribution in [0.1, 0.15) is 45.4 Å². The van der Waals surface area contributed by atoms with Crippen molar-refractivity contribution in [3.8, 4) is 0 Å². The maximum Gasteiger partial charge on any atom is 0.230 e. The van der Waals surface area contributed by atoms with E-state index in [1.165, 1.54) is 4.90 Å². The van der Waals surface area contributed by atoms with Crippen LogP contribution in [0.2, 0.25) is 0 Å². The standard InChI is InChI=1S/C12H20N2O2/c1-9-6-10(15)14(11(16)7-9)12(8-13)4-2-3-5-12/h9H,2-8,13H2,1H3. The van der Waals surface area contributed by atoms with Gasteiger partial charge in [0, 0.05) is 19.4 Å². The minimum atomic E-state index is -0.353. The molecule has 0 aromatic heterocycles. The van der Waals surface area contributed by atoms with Gasteiger partial charge in [-0.05, 0) is 18.8 Å². The fourth-order valence-corrected chi connectivity index (χ4v) is 3.07. The van der Waals surface area contributed by atoms with Crippen LogP contribution in [0.3, 0.4) is 0 Å². The van der Waals surface area contributed by atoms with Crippen molar-refractivity contribution >= 4 is 11.8 Å². The number of nitrogens with two attached hydrogens (primary N) is 1. The van der Waals surface area contributed by atoms with Crippen LogP contribution in [-0.2, 0) is 9.59 Å². The maximum atomic E-state index is 12.0. The fraction of sp³-hybridized carbons (Fsp3) is 0.833. The van der Waals surface area contributed by atoms with Crippen molar-refractivity contribution in [2.75, 3.05) is 6.54 Å². The molecule has 0 aromatic carbocycles. The van der Waals surface area contributed by atoms with E-state index in [1.807, 2.05) is 6.92 Å². The largest absolute Gasteiger partial charge is 0.328 e. The Bertz CT molecular complexity index is 290. The van der Waals surface area contributed by atoms with E-state index in [9.17, 15) is 9.59 Å². The van der Waals surface area contributed by atoms with Gasteiger partial charge in [0.2, 0.25) is 11.8 Å². The highest BCUT2D eigenvalue weighted by molar-refractivity contribution is 5.98. The third-order valence-corrected chi connectivity index (χ3v) is 3.93. The van der Waals surface area contributed by atoms with Crippen molar-refractivity contribution in [3.63, 3.8) is 0 Å². The number of nitrogens with zero attached hydrogens (tertiary/aromatic N) is 1. The van der Waals surface area contributed by atoms with E-state index in [4.69, 9.17) is 5.73 Å². The van der Waals surface area contributed by atoms with Crippen LogP contribution in [-0.4, -0.2) is 28.8 Å². The van der Waals surface area contributed by atoms with E-state index in [2.05, 4.69) is 0 Å². The van der Waals surface area contributed by atoms with E-state index >= 15 is 0 Å². The van der Waals surface area contributed by atoms with Gasteiger partial charge in [-0.15, -0.1) is 0 Å². The molecule has 4 heteroatoms. The highest BCUT2D eigenvalue weighted by atomic mass is 16.2. The second-order valence-electron chi connectivity index (χ2n) is 5.27. The fourth-order valence-electron chi connectivity index (χ4n) is 3.07. The molecule has 2 amide bonds. The summed E-state index contributed by atoms with van der Waals surface area (Å²) >= 11 is 0. The second kappa shape index (κ2) is 4.17. The van der Waals surface area contributed by atoms with Gasteiger partial charge in [-0.2, -0.15) is 0 Å². The number of carbonyl (C=O) groups is 2. The van der Waals surface area contributed by atoms with Crippen molar-refractivity contribution in [1.29, 1.82) is 0 Å². The molecule has 0 unspecified atom stereocenters. The predicted molar refractivity (Wildman–Crippen MR) is 60.5 cm³/mol. The van der Waals surface area contributed by atoms with Crippen molar-refractivity contribution in [1.82, 2.24) is 4.90 Å². The summed E-state index contributed by atoms with van der Waals surface area (Å²) < 4.78 is 0. The zero-order valence-electron chi connectivity index (χ0n) is 9.87. The second-order valence-corrected chi connectivity index (χ2v) is 5.27. The smallest absolute Gasteiger partial charge is 0.230 e. The summed E-state index contributed by atoms with van der Waals surface area (Å²) in [6.45, 7) is 2.37. The monoisotopic (exact) mass is 224 g/mol. The van der Waals surface area contributed by atoms with Crippen molar-refractivity contribution in [2.45, 2.75) is 51.0 Å². The Balaban J connectivity index is 2.24. The summed E-state index contributed by atoms with van der Waals surface area (Å²) in [7, 11) is 0. The maximum absolute atomic E-state index is 12.0. The SMILES string of the molecule is CC1CC(=O)N(C2(CN)CCCC2)C(=O)C1. The molecule has 0 aromatic rings. The Morgan fingerprint density at radius 1 is 1.25 bits per heavy atom. The first kappa shape index (κ1) is 11.6. The van der Waals surface area contributed by atoms with E-state index in [0.29, 0.717) is 19.4 Å². The highest BCUT2D eigenvalue weighted by Gasteiger charge is 2.46. The zero-order valence-corrected chi connectivity index (χ0v) is 9.87. The van der Waals surface area contributed by atoms with E-state index in [1.54, 1.807) is 0 Å². The number of piperidine rings is 1. The molecule has 90 valence electrons. The third kappa shape index (κ3) is 1.75. The third-order valence-electron chi connectivity index (χ3n) is 3.93. The molecule has 2 N–H and O–H groups in total. The molecule has 0 atom stereocenters. The molecular formula is C12H20N2O2. The molecular weight excluding hydrogens is 204 g/mol. The van der Waals surface area contributed by atoms with Crippen LogP contribution in [0.4, 0.5) is 0 Å². The van der Waals surface area contributed by atoms with Gasteiger partial charge >= 0.3 is 0 Å². The minimum Gasteiger partial charge on any atom is -0.328 e. The Morgan fingerprint density at radius 3 is 2.19 bits per heavy atom. The first-order valence-electron chi connectivity index (χ1n) is 6.15. The predicted octanol–water partition coefficient (Wildman–Crippen LogP) is 1.04. The first-order valence-corrected chi connectivity index (χ1v) is 6.15. The Morgan fingerprint density at radius 2 is 1.75 bits per heavy atom. The molecule has 2 aliphatic rings. The molecule has 1 saturated carbocycles. The van der Waals surface area contributed by atoms with E-state index < -0.39 is 0 Å². The number of amides is 2. The molecule has 2 rings (SSSR count). The van der Waals surface area contributed by atoms with E-state index in [-0.39, 0.29) is 23.3 Å². The van der Waals surface area contributed by atoms with Crippen molar-refractivity contribution in [3.05, 3.63) is 0 Å². The zero-order chi connectivity index (χ0) is 11.8. The topological polar surface area (TPSA) is 63.4 Å². The molecule has 0 bridgehead atoms. The van der Waals surface area contributed by atoms with Gasteiger partial charge < -0.3 is 5.73 Å². The van der Waals surface area contributed by atoms with Gasteiger partial charge in [0.25, 0.3) is 0 Å². The van der Waals surface area contributed by atoms with Crippen LogP contribution >= 0.6 is 0 Å². The number of hydrogen-bond acceptors (Lipinski definition) is 3. The summed E-state index contributed by atoms with van der Waals surface area (Å²) in [4.78, 5) is 25.5. The number of hydrogen-bond donors (Lipinski definition) is 1. The van der Waals surface area contributed by atoms with Crippen molar-refractivity contribution in [2.24, 2.45) is 11.7 Å². The van der Waals surface area contributed by atoms with Crippen LogP contribution < -0.4 is 5.73 Å². The molecule has 0 spiro atoms. The lowest BCUT2D eigenvalue weighted by Crippen LogP contribution is -2.59. The summed E-state index contributed by atoms with van der Waals surface area (Å²) in [5, 5.41) is 0. The Hall–Kier alpha value is -0.900. The van der Waals surface area contributed by atoms with Gasteiger partial charge in [-0.1, -0.05) is 19.8 Å². The van der Waals surface area contributed by atoms with Gasteiger partial charge in [-0.3, -0.25) is 14.5 Å². The molecule has 1 aliphatic heterocycles. The molecule has 16 heavy (non-hydrogen) atoms. The lowest BCUT2D eigenvalue weighted by Gasteiger charge is -2.42. The average molecular weight is 224 g/mol. The molecule has 1 saturated heterocycles. The molecule has 1 heterocycles. The van der Waals surface area contributed by atoms with E-state index in [0.717, 1.165) is 25.7 Å². The average Bonchev–Trinajstić information content (AvgIpc) is 2.66. The molecule has 1 aliphatic carbocycles. The quantitative estimate of drug-likeness (QED) is 0.713. The lowest BCUT2D eigenvalue weighted by atomic mass is 9.88. The highest BCUT2D eigenvalue weighted by Crippen LogP contribution is 2.37. The van der Waals surface area contributed by atoms with Crippen LogP contribution in [0, 0.1) is 5.92 Å². The first-order chi connectivity index (χ1) is 7.59. The minimum absolute atomic E-state index is 0.0175. The van der Waals surface area contributed by atoms with Gasteiger partial charge in [0.05, 0.1) is 5.54 Å². The summed E-state index contributed by atoms with van der Waals surface area (Å²) in [6, 6.07) is 0.